The maximum absolute atomic E-state index is 12.5. The Morgan fingerprint density at radius 3 is 3.00 bits per heavy atom. The van der Waals surface area contributed by atoms with Crippen LogP contribution in [-0.2, 0) is 24.1 Å². The van der Waals surface area contributed by atoms with E-state index < -0.39 is 6.10 Å². The lowest BCUT2D eigenvalue weighted by molar-refractivity contribution is -0.128. The van der Waals surface area contributed by atoms with Crippen molar-refractivity contribution in [2.75, 3.05) is 6.54 Å². The van der Waals surface area contributed by atoms with Crippen LogP contribution in [-0.4, -0.2) is 33.2 Å². The van der Waals surface area contributed by atoms with Crippen LogP contribution in [0.15, 0.2) is 42.6 Å². The largest absolute Gasteiger partial charge is 0.481 e. The van der Waals surface area contributed by atoms with Gasteiger partial charge in [0.05, 0.1) is 0 Å². The number of rotatable bonds is 8. The number of nitrogens with one attached hydrogen (secondary N) is 1. The molecule has 0 bridgehead atoms. The van der Waals surface area contributed by atoms with Crippen molar-refractivity contribution in [1.29, 1.82) is 0 Å². The average molecular weight is 378 g/mol. The SMILES string of the molecule is CCC(Oc1ccc2c(c1)CCC2)C(=O)NCCCc1nnc2ccccn12. The van der Waals surface area contributed by atoms with Crippen LogP contribution >= 0.6 is 0 Å². The molecular formula is C22H26N4O2. The lowest BCUT2D eigenvalue weighted by atomic mass is 10.1. The van der Waals surface area contributed by atoms with E-state index in [4.69, 9.17) is 4.74 Å². The molecular weight excluding hydrogens is 352 g/mol. The summed E-state index contributed by atoms with van der Waals surface area (Å²) in [6, 6.07) is 12.0. The maximum Gasteiger partial charge on any atom is 0.261 e. The fraction of sp³-hybridized carbons (Fsp3) is 0.409. The molecule has 1 atom stereocenters. The third kappa shape index (κ3) is 4.01. The van der Waals surface area contributed by atoms with E-state index in [1.807, 2.05) is 41.8 Å². The fourth-order valence-electron chi connectivity index (χ4n) is 3.74. The summed E-state index contributed by atoms with van der Waals surface area (Å²) in [5, 5.41) is 11.4. The second kappa shape index (κ2) is 8.42. The number of aromatic nitrogens is 3. The molecule has 1 aliphatic rings. The molecule has 1 aliphatic carbocycles. The van der Waals surface area contributed by atoms with Crippen molar-refractivity contribution in [3.63, 3.8) is 0 Å². The zero-order valence-electron chi connectivity index (χ0n) is 16.2. The van der Waals surface area contributed by atoms with Gasteiger partial charge in [0.15, 0.2) is 11.8 Å². The van der Waals surface area contributed by atoms with Gasteiger partial charge in [-0.3, -0.25) is 9.20 Å². The Hall–Kier alpha value is -2.89. The minimum Gasteiger partial charge on any atom is -0.481 e. The van der Waals surface area contributed by atoms with Crippen LogP contribution in [0.4, 0.5) is 0 Å². The first-order valence-electron chi connectivity index (χ1n) is 10.1. The van der Waals surface area contributed by atoms with Crippen molar-refractivity contribution in [3.8, 4) is 5.75 Å². The highest BCUT2D eigenvalue weighted by Gasteiger charge is 2.19. The molecule has 1 amide bonds. The summed E-state index contributed by atoms with van der Waals surface area (Å²) in [6.07, 6.45) is 7.15. The van der Waals surface area contributed by atoms with E-state index in [1.165, 1.54) is 17.5 Å². The van der Waals surface area contributed by atoms with Crippen LogP contribution in [0.25, 0.3) is 5.65 Å². The van der Waals surface area contributed by atoms with Crippen LogP contribution in [0.5, 0.6) is 5.75 Å². The summed E-state index contributed by atoms with van der Waals surface area (Å²) >= 11 is 0. The molecule has 0 aliphatic heterocycles. The molecule has 3 aromatic rings. The number of hydrogen-bond acceptors (Lipinski definition) is 4. The molecule has 0 spiro atoms. The van der Waals surface area contributed by atoms with Gasteiger partial charge < -0.3 is 10.1 Å². The van der Waals surface area contributed by atoms with E-state index >= 15 is 0 Å². The van der Waals surface area contributed by atoms with Crippen molar-refractivity contribution in [1.82, 2.24) is 19.9 Å². The average Bonchev–Trinajstić information content (AvgIpc) is 3.35. The molecule has 6 nitrogen and oxygen atoms in total. The van der Waals surface area contributed by atoms with Gasteiger partial charge in [-0.2, -0.15) is 0 Å². The van der Waals surface area contributed by atoms with E-state index in [0.717, 1.165) is 42.9 Å². The number of fused-ring (bicyclic) bond motifs is 2. The first kappa shape index (κ1) is 18.5. The van der Waals surface area contributed by atoms with Crippen LogP contribution in [0.3, 0.4) is 0 Å². The van der Waals surface area contributed by atoms with Gasteiger partial charge in [-0.25, -0.2) is 0 Å². The van der Waals surface area contributed by atoms with Crippen molar-refractivity contribution < 1.29 is 9.53 Å². The number of nitrogens with zero attached hydrogens (tertiary/aromatic N) is 3. The topological polar surface area (TPSA) is 68.5 Å². The van der Waals surface area contributed by atoms with E-state index in [-0.39, 0.29) is 5.91 Å². The number of amides is 1. The third-order valence-corrected chi connectivity index (χ3v) is 5.27. The molecule has 1 aromatic carbocycles. The van der Waals surface area contributed by atoms with E-state index in [2.05, 4.69) is 27.6 Å². The molecule has 0 fully saturated rings. The number of carbonyl (C=O) groups excluding carboxylic acids is 1. The molecule has 146 valence electrons. The standard InChI is InChI=1S/C22H26N4O2/c1-2-19(28-18-12-11-16-7-5-8-17(16)15-18)22(27)23-13-6-10-21-25-24-20-9-3-4-14-26(20)21/h3-4,9,11-12,14-15,19H,2,5-8,10,13H2,1H3,(H,23,27). The molecule has 0 saturated carbocycles. The van der Waals surface area contributed by atoms with Gasteiger partial charge in [-0.15, -0.1) is 10.2 Å². The van der Waals surface area contributed by atoms with Crippen LogP contribution < -0.4 is 10.1 Å². The molecule has 2 heterocycles. The van der Waals surface area contributed by atoms with E-state index in [0.29, 0.717) is 13.0 Å². The highest BCUT2D eigenvalue weighted by molar-refractivity contribution is 5.81. The number of carbonyl (C=O) groups is 1. The van der Waals surface area contributed by atoms with Gasteiger partial charge in [0.1, 0.15) is 11.6 Å². The Kier molecular flexibility index (Phi) is 5.55. The number of aryl methyl sites for hydroxylation is 3. The fourth-order valence-corrected chi connectivity index (χ4v) is 3.74. The second-order valence-corrected chi connectivity index (χ2v) is 7.24. The lowest BCUT2D eigenvalue weighted by Crippen LogP contribution is -2.38. The predicted molar refractivity (Wildman–Crippen MR) is 107 cm³/mol. The van der Waals surface area contributed by atoms with Crippen molar-refractivity contribution in [2.45, 2.75) is 51.6 Å². The highest BCUT2D eigenvalue weighted by atomic mass is 16.5. The van der Waals surface area contributed by atoms with Gasteiger partial charge in [0.25, 0.3) is 5.91 Å². The zero-order chi connectivity index (χ0) is 19.3. The minimum atomic E-state index is -0.464. The summed E-state index contributed by atoms with van der Waals surface area (Å²) in [5.41, 5.74) is 3.61. The summed E-state index contributed by atoms with van der Waals surface area (Å²) < 4.78 is 7.95. The quantitative estimate of drug-likeness (QED) is 0.612. The molecule has 1 unspecified atom stereocenters. The third-order valence-electron chi connectivity index (χ3n) is 5.27. The van der Waals surface area contributed by atoms with Gasteiger partial charge in [0.2, 0.25) is 0 Å². The Balaban J connectivity index is 1.27. The molecule has 6 heteroatoms. The Bertz CT molecular complexity index is 966. The van der Waals surface area contributed by atoms with Crippen molar-refractivity contribution in [2.24, 2.45) is 0 Å². The summed E-state index contributed by atoms with van der Waals surface area (Å²) in [4.78, 5) is 12.5. The molecule has 0 radical (unpaired) electrons. The Labute approximate surface area is 164 Å². The van der Waals surface area contributed by atoms with Gasteiger partial charge in [-0.05, 0) is 67.5 Å². The zero-order valence-corrected chi connectivity index (χ0v) is 16.2. The van der Waals surface area contributed by atoms with Gasteiger partial charge >= 0.3 is 0 Å². The lowest BCUT2D eigenvalue weighted by Gasteiger charge is -2.18. The van der Waals surface area contributed by atoms with Gasteiger partial charge in [0, 0.05) is 19.2 Å². The molecule has 0 saturated heterocycles. The normalized spacial score (nSPS) is 14.0. The summed E-state index contributed by atoms with van der Waals surface area (Å²) in [5.74, 6) is 1.64. The monoisotopic (exact) mass is 378 g/mol. The number of pyridine rings is 1. The molecule has 28 heavy (non-hydrogen) atoms. The van der Waals surface area contributed by atoms with Gasteiger partial charge in [-0.1, -0.05) is 19.1 Å². The Morgan fingerprint density at radius 2 is 2.11 bits per heavy atom. The molecule has 2 aromatic heterocycles. The van der Waals surface area contributed by atoms with E-state index in [9.17, 15) is 4.79 Å². The minimum absolute atomic E-state index is 0.0610. The Morgan fingerprint density at radius 1 is 1.21 bits per heavy atom. The first-order valence-corrected chi connectivity index (χ1v) is 10.1. The summed E-state index contributed by atoms with van der Waals surface area (Å²) in [7, 11) is 0. The maximum atomic E-state index is 12.5. The number of benzene rings is 1. The second-order valence-electron chi connectivity index (χ2n) is 7.24. The summed E-state index contributed by atoms with van der Waals surface area (Å²) in [6.45, 7) is 2.56. The van der Waals surface area contributed by atoms with Crippen molar-refractivity contribution in [3.05, 3.63) is 59.5 Å². The number of hydrogen-bond donors (Lipinski definition) is 1. The van der Waals surface area contributed by atoms with Crippen LogP contribution in [0, 0.1) is 0 Å². The highest BCUT2D eigenvalue weighted by Crippen LogP contribution is 2.26. The first-order chi connectivity index (χ1) is 13.7. The van der Waals surface area contributed by atoms with Crippen molar-refractivity contribution >= 4 is 11.6 Å². The number of ether oxygens (including phenoxy) is 1. The molecule has 1 N–H and O–H groups in total. The van der Waals surface area contributed by atoms with Crippen LogP contribution in [0.2, 0.25) is 0 Å². The molecule has 4 rings (SSSR count). The smallest absolute Gasteiger partial charge is 0.261 e. The predicted octanol–water partition coefficient (Wildman–Crippen LogP) is 3.12. The van der Waals surface area contributed by atoms with Crippen LogP contribution in [0.1, 0.15) is 43.1 Å². The van der Waals surface area contributed by atoms with E-state index in [1.54, 1.807) is 0 Å².